The van der Waals surface area contributed by atoms with Crippen molar-refractivity contribution in [3.63, 3.8) is 0 Å². The molecule has 0 spiro atoms. The highest BCUT2D eigenvalue weighted by Gasteiger charge is 2.06. The summed E-state index contributed by atoms with van der Waals surface area (Å²) in [5.41, 5.74) is 0. The van der Waals surface area contributed by atoms with Crippen molar-refractivity contribution < 1.29 is 4.58 Å². The van der Waals surface area contributed by atoms with E-state index in [0.717, 1.165) is 6.54 Å². The van der Waals surface area contributed by atoms with Crippen molar-refractivity contribution in [1.82, 2.24) is 5.32 Å². The number of rotatable bonds is 5. The lowest BCUT2D eigenvalue weighted by Gasteiger charge is -1.98. The summed E-state index contributed by atoms with van der Waals surface area (Å²) < 4.78 is 2.37. The highest BCUT2D eigenvalue weighted by atomic mass is 15.1. The molecular formula is C9H19N2+. The van der Waals surface area contributed by atoms with E-state index in [1.165, 1.54) is 38.8 Å². The van der Waals surface area contributed by atoms with E-state index in [1.54, 1.807) is 0 Å². The molecule has 0 saturated carbocycles. The molecule has 1 heterocycles. The van der Waals surface area contributed by atoms with Gasteiger partial charge in [-0.25, -0.2) is 0 Å². The predicted octanol–water partition coefficient (Wildman–Crippen LogP) is 1.21. The summed E-state index contributed by atoms with van der Waals surface area (Å²) in [6, 6.07) is 0. The molecule has 2 heteroatoms. The molecule has 2 nitrogen and oxygen atoms in total. The Kier molecular flexibility index (Phi) is 4.02. The molecule has 11 heavy (non-hydrogen) atoms. The van der Waals surface area contributed by atoms with Crippen LogP contribution in [0.3, 0.4) is 0 Å². The van der Waals surface area contributed by atoms with Gasteiger partial charge in [-0.2, -0.15) is 0 Å². The first kappa shape index (κ1) is 8.57. The second-order valence-corrected chi connectivity index (χ2v) is 3.18. The zero-order valence-corrected chi connectivity index (χ0v) is 7.47. The van der Waals surface area contributed by atoms with E-state index in [4.69, 9.17) is 0 Å². The van der Waals surface area contributed by atoms with Crippen molar-refractivity contribution in [3.8, 4) is 0 Å². The van der Waals surface area contributed by atoms with Gasteiger partial charge in [0.25, 0.3) is 0 Å². The molecule has 0 aromatic carbocycles. The molecule has 0 aliphatic carbocycles. The van der Waals surface area contributed by atoms with E-state index in [9.17, 15) is 0 Å². The molecule has 0 amide bonds. The number of hydrogen-bond donors (Lipinski definition) is 1. The lowest BCUT2D eigenvalue weighted by Crippen LogP contribution is -2.11. The van der Waals surface area contributed by atoms with Gasteiger partial charge in [0.15, 0.2) is 0 Å². The molecule has 0 aromatic heterocycles. The second-order valence-electron chi connectivity index (χ2n) is 3.18. The third-order valence-corrected chi connectivity index (χ3v) is 2.12. The lowest BCUT2D eigenvalue weighted by atomic mass is 10.2. The first-order valence-corrected chi connectivity index (χ1v) is 4.74. The van der Waals surface area contributed by atoms with Gasteiger partial charge in [-0.3, -0.25) is 9.89 Å². The van der Waals surface area contributed by atoms with Gasteiger partial charge in [0.2, 0.25) is 6.34 Å². The van der Waals surface area contributed by atoms with E-state index in [0.29, 0.717) is 0 Å². The normalized spacial score (nSPS) is 16.3. The Morgan fingerprint density at radius 3 is 2.91 bits per heavy atom. The van der Waals surface area contributed by atoms with Crippen LogP contribution in [0, 0.1) is 0 Å². The molecule has 0 bridgehead atoms. The molecule has 0 saturated heterocycles. The van der Waals surface area contributed by atoms with E-state index >= 15 is 0 Å². The lowest BCUT2D eigenvalue weighted by molar-refractivity contribution is -0.514. The van der Waals surface area contributed by atoms with Gasteiger partial charge < -0.3 is 0 Å². The maximum atomic E-state index is 3.21. The summed E-state index contributed by atoms with van der Waals surface area (Å²) in [6.45, 7) is 5.83. The standard InChI is InChI=1S/C9H18N2/c1-2-3-4-5-7-11-8-6-10-9-11/h9H,2-8H2,1H3/p+1. The van der Waals surface area contributed by atoms with Crippen LogP contribution in [0.25, 0.3) is 0 Å². The molecule has 1 aliphatic rings. The largest absolute Gasteiger partial charge is 0.277 e. The SMILES string of the molecule is CCCCCC[N+]1=CNCC1. The Bertz CT molecular complexity index is 130. The Morgan fingerprint density at radius 2 is 2.27 bits per heavy atom. The van der Waals surface area contributed by atoms with E-state index < -0.39 is 0 Å². The van der Waals surface area contributed by atoms with Crippen LogP contribution in [-0.4, -0.2) is 30.5 Å². The third-order valence-electron chi connectivity index (χ3n) is 2.12. The van der Waals surface area contributed by atoms with Crippen LogP contribution < -0.4 is 5.32 Å². The van der Waals surface area contributed by atoms with Crippen LogP contribution >= 0.6 is 0 Å². The summed E-state index contributed by atoms with van der Waals surface area (Å²) in [6.07, 6.45) is 7.59. The first-order chi connectivity index (χ1) is 5.43. The summed E-state index contributed by atoms with van der Waals surface area (Å²) >= 11 is 0. The Morgan fingerprint density at radius 1 is 1.36 bits per heavy atom. The summed E-state index contributed by atoms with van der Waals surface area (Å²) in [5, 5.41) is 3.21. The first-order valence-electron chi connectivity index (χ1n) is 4.74. The molecule has 1 aliphatic heterocycles. The van der Waals surface area contributed by atoms with E-state index in [2.05, 4.69) is 23.2 Å². The Balaban J connectivity index is 1.94. The molecule has 0 fully saturated rings. The Labute approximate surface area is 69.3 Å². The van der Waals surface area contributed by atoms with Gasteiger partial charge in [-0.05, 0) is 12.8 Å². The molecule has 64 valence electrons. The maximum Gasteiger partial charge on any atom is 0.232 e. The smallest absolute Gasteiger partial charge is 0.232 e. The second kappa shape index (κ2) is 5.16. The minimum Gasteiger partial charge on any atom is -0.277 e. The molecular weight excluding hydrogens is 136 g/mol. The maximum absolute atomic E-state index is 3.21. The van der Waals surface area contributed by atoms with Crippen LogP contribution in [0.2, 0.25) is 0 Å². The van der Waals surface area contributed by atoms with Crippen molar-refractivity contribution in [1.29, 1.82) is 0 Å². The van der Waals surface area contributed by atoms with Crippen LogP contribution in [-0.2, 0) is 0 Å². The van der Waals surface area contributed by atoms with Gasteiger partial charge in [-0.15, -0.1) is 0 Å². The van der Waals surface area contributed by atoms with E-state index in [-0.39, 0.29) is 0 Å². The van der Waals surface area contributed by atoms with Crippen LogP contribution in [0.1, 0.15) is 32.6 Å². The molecule has 0 unspecified atom stereocenters. The van der Waals surface area contributed by atoms with Crippen LogP contribution in [0.5, 0.6) is 0 Å². The Hall–Kier alpha value is -0.530. The van der Waals surface area contributed by atoms with Crippen molar-refractivity contribution in [3.05, 3.63) is 0 Å². The summed E-state index contributed by atoms with van der Waals surface area (Å²) in [5.74, 6) is 0. The highest BCUT2D eigenvalue weighted by Crippen LogP contribution is 1.98. The van der Waals surface area contributed by atoms with Gasteiger partial charge in [0, 0.05) is 0 Å². The van der Waals surface area contributed by atoms with Gasteiger partial charge >= 0.3 is 0 Å². The molecule has 0 atom stereocenters. The third kappa shape index (κ3) is 3.40. The van der Waals surface area contributed by atoms with Gasteiger partial charge in [0.1, 0.15) is 13.1 Å². The summed E-state index contributed by atoms with van der Waals surface area (Å²) in [4.78, 5) is 0. The zero-order valence-electron chi connectivity index (χ0n) is 7.47. The average Bonchev–Trinajstić information content (AvgIpc) is 2.50. The molecule has 0 aromatic rings. The number of nitrogens with zero attached hydrogens (tertiary/aromatic N) is 1. The molecule has 1 N–H and O–H groups in total. The number of unbranched alkanes of at least 4 members (excludes halogenated alkanes) is 3. The van der Waals surface area contributed by atoms with Crippen LogP contribution in [0.15, 0.2) is 0 Å². The highest BCUT2D eigenvalue weighted by molar-refractivity contribution is 5.49. The van der Waals surface area contributed by atoms with Crippen LogP contribution in [0.4, 0.5) is 0 Å². The number of nitrogens with one attached hydrogen (secondary N) is 1. The quantitative estimate of drug-likeness (QED) is 0.466. The van der Waals surface area contributed by atoms with Crippen molar-refractivity contribution >= 4 is 6.34 Å². The fourth-order valence-electron chi connectivity index (χ4n) is 1.38. The zero-order chi connectivity index (χ0) is 7.94. The molecule has 0 radical (unpaired) electrons. The number of hydrogen-bond acceptors (Lipinski definition) is 1. The average molecular weight is 155 g/mol. The van der Waals surface area contributed by atoms with Gasteiger partial charge in [-0.1, -0.05) is 19.8 Å². The fraction of sp³-hybridized carbons (Fsp3) is 0.889. The van der Waals surface area contributed by atoms with E-state index in [1.807, 2.05) is 0 Å². The predicted molar refractivity (Wildman–Crippen MR) is 48.2 cm³/mol. The van der Waals surface area contributed by atoms with Gasteiger partial charge in [0.05, 0.1) is 6.54 Å². The minimum atomic E-state index is 1.13. The minimum absolute atomic E-state index is 1.13. The topological polar surface area (TPSA) is 15.0 Å². The van der Waals surface area contributed by atoms with Crippen molar-refractivity contribution in [2.45, 2.75) is 32.6 Å². The van der Waals surface area contributed by atoms with Crippen molar-refractivity contribution in [2.75, 3.05) is 19.6 Å². The monoisotopic (exact) mass is 155 g/mol. The summed E-state index contributed by atoms with van der Waals surface area (Å²) in [7, 11) is 0. The fourth-order valence-corrected chi connectivity index (χ4v) is 1.38. The molecule has 1 rings (SSSR count). The van der Waals surface area contributed by atoms with Crippen molar-refractivity contribution in [2.24, 2.45) is 0 Å².